The van der Waals surface area contributed by atoms with Crippen LogP contribution in [0.15, 0.2) is 61.3 Å². The predicted octanol–water partition coefficient (Wildman–Crippen LogP) is 2.75. The Morgan fingerprint density at radius 3 is 2.64 bits per heavy atom. The summed E-state index contributed by atoms with van der Waals surface area (Å²) in [5.41, 5.74) is 2.65. The molecule has 1 aliphatic heterocycles. The molecule has 0 fully saturated rings. The van der Waals surface area contributed by atoms with Crippen LogP contribution in [-0.2, 0) is 0 Å². The first-order valence-electron chi connectivity index (χ1n) is 8.38. The molecule has 0 saturated carbocycles. The Hall–Kier alpha value is -3.15. The Morgan fingerprint density at radius 2 is 1.96 bits per heavy atom. The highest BCUT2D eigenvalue weighted by atomic mass is 16.2. The van der Waals surface area contributed by atoms with Crippen molar-refractivity contribution in [3.63, 3.8) is 0 Å². The zero-order valence-electron chi connectivity index (χ0n) is 14.0. The summed E-state index contributed by atoms with van der Waals surface area (Å²) in [6.45, 7) is 4.57. The molecule has 0 unspecified atom stereocenters. The third kappa shape index (κ3) is 2.76. The van der Waals surface area contributed by atoms with Gasteiger partial charge in [0, 0.05) is 38.2 Å². The van der Waals surface area contributed by atoms with Crippen LogP contribution in [0.3, 0.4) is 0 Å². The van der Waals surface area contributed by atoms with Crippen molar-refractivity contribution in [2.24, 2.45) is 0 Å². The maximum Gasteiger partial charge on any atom is 0.259 e. The predicted molar refractivity (Wildman–Crippen MR) is 97.4 cm³/mol. The van der Waals surface area contributed by atoms with Gasteiger partial charge in [-0.3, -0.25) is 9.36 Å². The van der Waals surface area contributed by atoms with Gasteiger partial charge in [0.1, 0.15) is 12.1 Å². The Morgan fingerprint density at radius 1 is 1.12 bits per heavy atom. The second-order valence-corrected chi connectivity index (χ2v) is 5.90. The lowest BCUT2D eigenvalue weighted by Crippen LogP contribution is -2.44. The number of imidazole rings is 1. The summed E-state index contributed by atoms with van der Waals surface area (Å²) in [4.78, 5) is 25.5. The fraction of sp³-hybridized carbons (Fsp3) is 0.211. The molecule has 0 saturated heterocycles. The van der Waals surface area contributed by atoms with E-state index in [1.54, 1.807) is 18.7 Å². The molecule has 0 N–H and O–H groups in total. The first-order valence-corrected chi connectivity index (χ1v) is 8.38. The highest BCUT2D eigenvalue weighted by Crippen LogP contribution is 2.33. The molecule has 6 nitrogen and oxygen atoms in total. The molecule has 1 amide bonds. The lowest BCUT2D eigenvalue weighted by atomic mass is 10.1. The van der Waals surface area contributed by atoms with Gasteiger partial charge < -0.3 is 9.80 Å². The molecule has 2 aromatic heterocycles. The van der Waals surface area contributed by atoms with Crippen LogP contribution in [0.4, 0.5) is 11.4 Å². The van der Waals surface area contributed by atoms with E-state index in [-0.39, 0.29) is 5.91 Å². The number of fused-ring (bicyclic) bond motifs is 1. The molecule has 1 aliphatic rings. The number of hydrogen-bond donors (Lipinski definition) is 0. The maximum absolute atomic E-state index is 13.0. The Labute approximate surface area is 146 Å². The van der Waals surface area contributed by atoms with Crippen molar-refractivity contribution < 1.29 is 4.79 Å². The lowest BCUT2D eigenvalue weighted by Gasteiger charge is -2.37. The molecule has 0 radical (unpaired) electrons. The number of carbonyl (C=O) groups is 1. The molecule has 4 rings (SSSR count). The molecule has 6 heteroatoms. The summed E-state index contributed by atoms with van der Waals surface area (Å²) < 4.78 is 1.81. The molecule has 0 atom stereocenters. The molecule has 3 heterocycles. The van der Waals surface area contributed by atoms with Crippen molar-refractivity contribution in [1.82, 2.24) is 14.5 Å². The second-order valence-electron chi connectivity index (χ2n) is 5.90. The number of para-hydroxylation sites is 2. The summed E-state index contributed by atoms with van der Waals surface area (Å²) in [6, 6.07) is 11.7. The molecule has 25 heavy (non-hydrogen) atoms. The first kappa shape index (κ1) is 15.4. The zero-order valence-corrected chi connectivity index (χ0v) is 14.0. The van der Waals surface area contributed by atoms with Gasteiger partial charge >= 0.3 is 0 Å². The Bertz CT molecular complexity index is 873. The fourth-order valence-electron chi connectivity index (χ4n) is 3.18. The van der Waals surface area contributed by atoms with Crippen molar-refractivity contribution in [2.45, 2.75) is 6.92 Å². The van der Waals surface area contributed by atoms with Crippen molar-refractivity contribution in [3.05, 3.63) is 66.9 Å². The normalized spacial score (nSPS) is 13.6. The van der Waals surface area contributed by atoms with E-state index < -0.39 is 0 Å². The first-order chi connectivity index (χ1) is 12.3. The molecular weight excluding hydrogens is 314 g/mol. The van der Waals surface area contributed by atoms with E-state index in [1.807, 2.05) is 46.0 Å². The number of pyridine rings is 1. The van der Waals surface area contributed by atoms with Gasteiger partial charge in [-0.2, -0.15) is 0 Å². The largest absolute Gasteiger partial charge is 0.368 e. The van der Waals surface area contributed by atoms with Gasteiger partial charge in [0.25, 0.3) is 5.91 Å². The third-order valence-electron chi connectivity index (χ3n) is 4.50. The number of amides is 1. The maximum atomic E-state index is 13.0. The highest BCUT2D eigenvalue weighted by molar-refractivity contribution is 6.08. The number of carbonyl (C=O) groups excluding carboxylic acids is 1. The van der Waals surface area contributed by atoms with Crippen LogP contribution in [0.2, 0.25) is 0 Å². The Balaban J connectivity index is 1.63. The minimum absolute atomic E-state index is 0.0205. The molecule has 0 bridgehead atoms. The van der Waals surface area contributed by atoms with Gasteiger partial charge in [0.05, 0.1) is 16.9 Å². The van der Waals surface area contributed by atoms with Crippen molar-refractivity contribution >= 4 is 17.3 Å². The van der Waals surface area contributed by atoms with Gasteiger partial charge in [0.2, 0.25) is 0 Å². The van der Waals surface area contributed by atoms with Crippen LogP contribution in [0.1, 0.15) is 17.3 Å². The summed E-state index contributed by atoms with van der Waals surface area (Å²) in [7, 11) is 0. The van der Waals surface area contributed by atoms with E-state index in [4.69, 9.17) is 0 Å². The number of hydrogen-bond acceptors (Lipinski definition) is 4. The number of anilines is 2. The Kier molecular flexibility index (Phi) is 3.93. The summed E-state index contributed by atoms with van der Waals surface area (Å²) in [6.07, 6.45) is 6.84. The van der Waals surface area contributed by atoms with Crippen LogP contribution in [0.5, 0.6) is 0 Å². The van der Waals surface area contributed by atoms with Gasteiger partial charge in [-0.1, -0.05) is 12.1 Å². The van der Waals surface area contributed by atoms with Crippen LogP contribution < -0.4 is 9.80 Å². The van der Waals surface area contributed by atoms with Gasteiger partial charge in [-0.15, -0.1) is 0 Å². The minimum Gasteiger partial charge on any atom is -0.368 e. The standard InChI is InChI=1S/C19H19N5O/c1-2-22-11-12-24(17-6-4-3-5-16(17)22)19(25)15-7-8-18(21-13-15)23-10-9-20-14-23/h3-10,13-14H,2,11-12H2,1H3. The van der Waals surface area contributed by atoms with Gasteiger partial charge in [-0.25, -0.2) is 9.97 Å². The van der Waals surface area contributed by atoms with Crippen molar-refractivity contribution in [2.75, 3.05) is 29.4 Å². The molecule has 0 aliphatic carbocycles. The van der Waals surface area contributed by atoms with Gasteiger partial charge in [-0.05, 0) is 31.2 Å². The number of aromatic nitrogens is 3. The second kappa shape index (κ2) is 6.39. The molecule has 3 aromatic rings. The third-order valence-corrected chi connectivity index (χ3v) is 4.50. The van der Waals surface area contributed by atoms with E-state index >= 15 is 0 Å². The van der Waals surface area contributed by atoms with Crippen molar-refractivity contribution in [3.8, 4) is 5.82 Å². The lowest BCUT2D eigenvalue weighted by molar-refractivity contribution is 0.0986. The molecule has 0 spiro atoms. The summed E-state index contributed by atoms with van der Waals surface area (Å²) in [5.74, 6) is 0.720. The number of likely N-dealkylation sites (N-methyl/N-ethyl adjacent to an activating group) is 1. The van der Waals surface area contributed by atoms with E-state index in [1.165, 1.54) is 0 Å². The topological polar surface area (TPSA) is 54.3 Å². The number of nitrogens with zero attached hydrogens (tertiary/aromatic N) is 5. The molecule has 1 aromatic carbocycles. The monoisotopic (exact) mass is 333 g/mol. The number of rotatable bonds is 3. The summed E-state index contributed by atoms with van der Waals surface area (Å²) >= 11 is 0. The average Bonchev–Trinajstić information content (AvgIpc) is 3.21. The molecule has 126 valence electrons. The number of benzene rings is 1. The van der Waals surface area contributed by atoms with Crippen LogP contribution in [0.25, 0.3) is 5.82 Å². The molecular formula is C19H19N5O. The van der Waals surface area contributed by atoms with E-state index in [0.717, 1.165) is 30.3 Å². The van der Waals surface area contributed by atoms with Crippen LogP contribution in [0, 0.1) is 0 Å². The van der Waals surface area contributed by atoms with Gasteiger partial charge in [0.15, 0.2) is 0 Å². The minimum atomic E-state index is -0.0205. The van der Waals surface area contributed by atoms with E-state index in [2.05, 4.69) is 27.9 Å². The smallest absolute Gasteiger partial charge is 0.259 e. The van der Waals surface area contributed by atoms with Crippen LogP contribution >= 0.6 is 0 Å². The average molecular weight is 333 g/mol. The van der Waals surface area contributed by atoms with Crippen molar-refractivity contribution in [1.29, 1.82) is 0 Å². The van der Waals surface area contributed by atoms with E-state index in [0.29, 0.717) is 12.1 Å². The van der Waals surface area contributed by atoms with Crippen LogP contribution in [-0.4, -0.2) is 40.1 Å². The quantitative estimate of drug-likeness (QED) is 0.739. The summed E-state index contributed by atoms with van der Waals surface area (Å²) in [5, 5.41) is 0. The zero-order chi connectivity index (χ0) is 17.2. The van der Waals surface area contributed by atoms with E-state index in [9.17, 15) is 4.79 Å². The highest BCUT2D eigenvalue weighted by Gasteiger charge is 2.26. The fourth-order valence-corrected chi connectivity index (χ4v) is 3.18. The SMILES string of the molecule is CCN1CCN(C(=O)c2ccc(-n3ccnc3)nc2)c2ccccc21.